The zero-order valence-corrected chi connectivity index (χ0v) is 12.8. The van der Waals surface area contributed by atoms with Gasteiger partial charge in [-0.2, -0.15) is 0 Å². The summed E-state index contributed by atoms with van der Waals surface area (Å²) in [5.41, 5.74) is 0.0331. The number of halogens is 3. The fourth-order valence-corrected chi connectivity index (χ4v) is 2.06. The normalized spacial score (nSPS) is 10.8. The largest absolute Gasteiger partial charge is 0.336 e. The molecule has 0 bridgehead atoms. The highest BCUT2D eigenvalue weighted by Gasteiger charge is 2.21. The number of hydrogen-bond donors (Lipinski definition) is 0. The predicted molar refractivity (Wildman–Crippen MR) is 76.0 cm³/mol. The molecule has 2 nitrogen and oxygen atoms in total. The molecule has 0 aliphatic heterocycles. The van der Waals surface area contributed by atoms with Crippen molar-refractivity contribution < 1.29 is 9.18 Å². The van der Waals surface area contributed by atoms with Gasteiger partial charge in [-0.25, -0.2) is 4.39 Å². The lowest BCUT2D eigenvalue weighted by molar-refractivity contribution is 0.0702. The molecule has 1 aromatic carbocycles. The summed E-state index contributed by atoms with van der Waals surface area (Å²) >= 11 is 9.13. The first-order valence-corrected chi connectivity index (χ1v) is 7.29. The lowest BCUT2D eigenvalue weighted by Gasteiger charge is -2.26. The van der Waals surface area contributed by atoms with Crippen molar-refractivity contribution in [2.24, 2.45) is 0 Å². The average molecular weight is 337 g/mol. The molecule has 0 radical (unpaired) electrons. The summed E-state index contributed by atoms with van der Waals surface area (Å²) in [5, 5.41) is 1.17. The maximum absolute atomic E-state index is 13.7. The minimum atomic E-state index is -0.533. The Balaban J connectivity index is 2.98. The number of nitrogens with zero attached hydrogens (tertiary/aromatic N) is 1. The van der Waals surface area contributed by atoms with Gasteiger partial charge in [0.2, 0.25) is 0 Å². The number of rotatable bonds is 5. The minimum absolute atomic E-state index is 0.0231. The van der Waals surface area contributed by atoms with Crippen molar-refractivity contribution in [2.45, 2.75) is 26.3 Å². The second-order valence-electron chi connectivity index (χ2n) is 4.26. The van der Waals surface area contributed by atoms with Gasteiger partial charge in [0, 0.05) is 22.9 Å². The molecule has 0 spiro atoms. The number of hydrogen-bond acceptors (Lipinski definition) is 1. The molecule has 5 heteroatoms. The standard InChI is InChI=1S/C13H16BrClFNO/c1-9(2)17(7-3-6-14)13(18)11-8-10(15)4-5-12(11)16/h4-5,8-9H,3,6-7H2,1-2H3. The SMILES string of the molecule is CC(C)N(CCCBr)C(=O)c1cc(Cl)ccc1F. The van der Waals surface area contributed by atoms with E-state index in [1.165, 1.54) is 18.2 Å². The Morgan fingerprint density at radius 2 is 2.17 bits per heavy atom. The Labute approximate surface area is 120 Å². The van der Waals surface area contributed by atoms with Crippen LogP contribution in [0.1, 0.15) is 30.6 Å². The summed E-state index contributed by atoms with van der Waals surface area (Å²) in [6, 6.07) is 4.06. The first-order chi connectivity index (χ1) is 8.47. The van der Waals surface area contributed by atoms with E-state index in [1.807, 2.05) is 13.8 Å². The lowest BCUT2D eigenvalue weighted by atomic mass is 10.1. The van der Waals surface area contributed by atoms with Crippen molar-refractivity contribution in [3.63, 3.8) is 0 Å². The fraction of sp³-hybridized carbons (Fsp3) is 0.462. The summed E-state index contributed by atoms with van der Waals surface area (Å²) in [5.74, 6) is -0.847. The van der Waals surface area contributed by atoms with E-state index >= 15 is 0 Å². The molecule has 100 valence electrons. The molecule has 0 aliphatic carbocycles. The molecule has 0 heterocycles. The van der Waals surface area contributed by atoms with Gasteiger partial charge in [0.1, 0.15) is 5.82 Å². The van der Waals surface area contributed by atoms with Gasteiger partial charge in [-0.3, -0.25) is 4.79 Å². The highest BCUT2D eigenvalue weighted by atomic mass is 79.9. The van der Waals surface area contributed by atoms with Crippen molar-refractivity contribution >= 4 is 33.4 Å². The molecule has 0 aromatic heterocycles. The maximum Gasteiger partial charge on any atom is 0.257 e. The van der Waals surface area contributed by atoms with Crippen LogP contribution < -0.4 is 0 Å². The first-order valence-electron chi connectivity index (χ1n) is 5.79. The van der Waals surface area contributed by atoms with Crippen LogP contribution in [0.25, 0.3) is 0 Å². The van der Waals surface area contributed by atoms with E-state index in [2.05, 4.69) is 15.9 Å². The maximum atomic E-state index is 13.7. The van der Waals surface area contributed by atoms with E-state index in [1.54, 1.807) is 4.90 Å². The number of carbonyl (C=O) groups excluding carboxylic acids is 1. The monoisotopic (exact) mass is 335 g/mol. The number of carbonyl (C=O) groups is 1. The summed E-state index contributed by atoms with van der Waals surface area (Å²) < 4.78 is 13.7. The van der Waals surface area contributed by atoms with Gasteiger partial charge in [-0.15, -0.1) is 0 Å². The van der Waals surface area contributed by atoms with Crippen LogP contribution in [0, 0.1) is 5.82 Å². The summed E-state index contributed by atoms with van der Waals surface area (Å²) in [6.45, 7) is 4.41. The molecule has 0 fully saturated rings. The Hall–Kier alpha value is -0.610. The van der Waals surface area contributed by atoms with E-state index in [-0.39, 0.29) is 17.5 Å². The summed E-state index contributed by atoms with van der Waals surface area (Å²) in [6.07, 6.45) is 0.826. The zero-order valence-electron chi connectivity index (χ0n) is 10.4. The van der Waals surface area contributed by atoms with Gasteiger partial charge in [-0.1, -0.05) is 27.5 Å². The number of amides is 1. The van der Waals surface area contributed by atoms with Crippen LogP contribution in [0.2, 0.25) is 5.02 Å². The van der Waals surface area contributed by atoms with Gasteiger partial charge >= 0.3 is 0 Å². The molecule has 0 atom stereocenters. The van der Waals surface area contributed by atoms with Crippen LogP contribution in [-0.4, -0.2) is 28.7 Å². The van der Waals surface area contributed by atoms with Gasteiger partial charge in [-0.05, 0) is 38.5 Å². The van der Waals surface area contributed by atoms with E-state index in [0.717, 1.165) is 11.8 Å². The van der Waals surface area contributed by atoms with Gasteiger partial charge in [0.05, 0.1) is 5.56 Å². The zero-order chi connectivity index (χ0) is 13.7. The molecule has 0 saturated carbocycles. The van der Waals surface area contributed by atoms with E-state index in [9.17, 15) is 9.18 Å². The van der Waals surface area contributed by atoms with Crippen LogP contribution in [-0.2, 0) is 0 Å². The van der Waals surface area contributed by atoms with Crippen molar-refractivity contribution in [3.8, 4) is 0 Å². The topological polar surface area (TPSA) is 20.3 Å². The highest BCUT2D eigenvalue weighted by Crippen LogP contribution is 2.18. The van der Waals surface area contributed by atoms with Crippen molar-refractivity contribution in [3.05, 3.63) is 34.6 Å². The number of alkyl halides is 1. The van der Waals surface area contributed by atoms with Crippen molar-refractivity contribution in [1.29, 1.82) is 0 Å². The Bertz CT molecular complexity index is 425. The average Bonchev–Trinajstić information content (AvgIpc) is 2.32. The molecule has 1 amide bonds. The second kappa shape index (κ2) is 7.10. The molecule has 1 aromatic rings. The van der Waals surface area contributed by atoms with Gasteiger partial charge in [0.25, 0.3) is 5.91 Å². The lowest BCUT2D eigenvalue weighted by Crippen LogP contribution is -2.38. The summed E-state index contributed by atoms with van der Waals surface area (Å²) in [7, 11) is 0. The molecular weight excluding hydrogens is 321 g/mol. The molecular formula is C13H16BrClFNO. The predicted octanol–water partition coefficient (Wildman–Crippen LogP) is 4.11. The smallest absolute Gasteiger partial charge is 0.257 e. The van der Waals surface area contributed by atoms with E-state index in [0.29, 0.717) is 11.6 Å². The Kier molecular flexibility index (Phi) is 6.09. The van der Waals surface area contributed by atoms with Crippen LogP contribution in [0.4, 0.5) is 4.39 Å². The van der Waals surface area contributed by atoms with Crippen LogP contribution in [0.5, 0.6) is 0 Å². The first kappa shape index (κ1) is 15.4. The minimum Gasteiger partial charge on any atom is -0.336 e. The van der Waals surface area contributed by atoms with Gasteiger partial charge in [0.15, 0.2) is 0 Å². The highest BCUT2D eigenvalue weighted by molar-refractivity contribution is 9.09. The van der Waals surface area contributed by atoms with E-state index < -0.39 is 5.82 Å². The number of benzene rings is 1. The Morgan fingerprint density at radius 1 is 1.50 bits per heavy atom. The van der Waals surface area contributed by atoms with Gasteiger partial charge < -0.3 is 4.90 Å². The molecule has 0 saturated heterocycles. The third-order valence-electron chi connectivity index (χ3n) is 2.58. The molecule has 18 heavy (non-hydrogen) atoms. The van der Waals surface area contributed by atoms with Crippen LogP contribution >= 0.6 is 27.5 Å². The van der Waals surface area contributed by atoms with E-state index in [4.69, 9.17) is 11.6 Å². The molecule has 0 unspecified atom stereocenters. The fourth-order valence-electron chi connectivity index (χ4n) is 1.64. The second-order valence-corrected chi connectivity index (χ2v) is 5.49. The molecule has 1 rings (SSSR count). The van der Waals surface area contributed by atoms with Crippen molar-refractivity contribution in [1.82, 2.24) is 4.90 Å². The third-order valence-corrected chi connectivity index (χ3v) is 3.37. The molecule has 0 aliphatic rings. The quantitative estimate of drug-likeness (QED) is 0.741. The van der Waals surface area contributed by atoms with Crippen LogP contribution in [0.3, 0.4) is 0 Å². The van der Waals surface area contributed by atoms with Crippen LogP contribution in [0.15, 0.2) is 18.2 Å². The summed E-state index contributed by atoms with van der Waals surface area (Å²) in [4.78, 5) is 13.9. The Morgan fingerprint density at radius 3 is 2.72 bits per heavy atom. The third kappa shape index (κ3) is 3.95. The van der Waals surface area contributed by atoms with Crippen molar-refractivity contribution in [2.75, 3.05) is 11.9 Å². The molecule has 0 N–H and O–H groups in total.